The van der Waals surface area contributed by atoms with E-state index in [1.165, 1.54) is 17.3 Å². The van der Waals surface area contributed by atoms with Crippen LogP contribution in [-0.4, -0.2) is 28.2 Å². The molecule has 1 aromatic carbocycles. The van der Waals surface area contributed by atoms with E-state index in [-0.39, 0.29) is 5.91 Å². The fraction of sp³-hybridized carbons (Fsp3) is 0.167. The SMILES string of the molecule is C=CCNC(=O)CSc1ncnc2scc(-c3ccc(C)cc3)c12. The molecule has 0 saturated heterocycles. The standard InChI is InChI=1S/C18H17N3OS2/c1-3-8-19-15(22)10-24-18-16-14(9-23-17(16)20-11-21-18)13-6-4-12(2)5-7-13/h3-7,9,11H,1,8,10H2,2H3,(H,19,22). The summed E-state index contributed by atoms with van der Waals surface area (Å²) in [5.41, 5.74) is 3.48. The summed E-state index contributed by atoms with van der Waals surface area (Å²) in [7, 11) is 0. The van der Waals surface area contributed by atoms with Gasteiger partial charge in [-0.3, -0.25) is 4.79 Å². The van der Waals surface area contributed by atoms with Crippen LogP contribution in [0, 0.1) is 6.92 Å². The van der Waals surface area contributed by atoms with Gasteiger partial charge in [0.15, 0.2) is 0 Å². The van der Waals surface area contributed by atoms with Gasteiger partial charge < -0.3 is 5.32 Å². The van der Waals surface area contributed by atoms with Crippen LogP contribution in [0.3, 0.4) is 0 Å². The average molecular weight is 355 g/mol. The minimum Gasteiger partial charge on any atom is -0.352 e. The van der Waals surface area contributed by atoms with E-state index in [0.29, 0.717) is 12.3 Å². The number of thiophene rings is 1. The highest BCUT2D eigenvalue weighted by Crippen LogP contribution is 2.37. The lowest BCUT2D eigenvalue weighted by Gasteiger charge is -2.06. The van der Waals surface area contributed by atoms with Gasteiger partial charge in [0.1, 0.15) is 16.2 Å². The van der Waals surface area contributed by atoms with Gasteiger partial charge in [-0.05, 0) is 12.5 Å². The van der Waals surface area contributed by atoms with Crippen molar-refractivity contribution in [3.8, 4) is 11.1 Å². The third-order valence-corrected chi connectivity index (χ3v) is 5.36. The zero-order valence-corrected chi connectivity index (χ0v) is 14.9. The summed E-state index contributed by atoms with van der Waals surface area (Å²) in [5, 5.41) is 6.74. The molecule has 0 bridgehead atoms. The van der Waals surface area contributed by atoms with Crippen LogP contribution in [0.25, 0.3) is 21.3 Å². The Hall–Kier alpha value is -2.18. The highest BCUT2D eigenvalue weighted by Gasteiger charge is 2.14. The lowest BCUT2D eigenvalue weighted by atomic mass is 10.1. The Labute approximate surface area is 149 Å². The monoisotopic (exact) mass is 355 g/mol. The minimum atomic E-state index is -0.0289. The maximum Gasteiger partial charge on any atom is 0.230 e. The third-order valence-electron chi connectivity index (χ3n) is 3.48. The fourth-order valence-electron chi connectivity index (χ4n) is 2.27. The van der Waals surface area contributed by atoms with Crippen LogP contribution in [0.2, 0.25) is 0 Å². The Morgan fingerprint density at radius 3 is 2.88 bits per heavy atom. The van der Waals surface area contributed by atoms with Crippen LogP contribution in [0.4, 0.5) is 0 Å². The number of thioether (sulfide) groups is 1. The smallest absolute Gasteiger partial charge is 0.230 e. The summed E-state index contributed by atoms with van der Waals surface area (Å²) < 4.78 is 0. The molecule has 122 valence electrons. The number of rotatable bonds is 6. The predicted molar refractivity (Wildman–Crippen MR) is 102 cm³/mol. The average Bonchev–Trinajstić information content (AvgIpc) is 3.03. The van der Waals surface area contributed by atoms with E-state index in [2.05, 4.69) is 58.4 Å². The van der Waals surface area contributed by atoms with Crippen molar-refractivity contribution < 1.29 is 4.79 Å². The molecular formula is C18H17N3OS2. The van der Waals surface area contributed by atoms with Crippen molar-refractivity contribution in [3.05, 3.63) is 54.2 Å². The molecule has 0 radical (unpaired) electrons. The van der Waals surface area contributed by atoms with Gasteiger partial charge in [-0.25, -0.2) is 9.97 Å². The van der Waals surface area contributed by atoms with Gasteiger partial charge in [-0.2, -0.15) is 0 Å². The first kappa shape index (κ1) is 16.7. The van der Waals surface area contributed by atoms with E-state index in [4.69, 9.17) is 0 Å². The van der Waals surface area contributed by atoms with E-state index in [0.717, 1.165) is 26.4 Å². The molecular weight excluding hydrogens is 338 g/mol. The number of nitrogens with zero attached hydrogens (tertiary/aromatic N) is 2. The lowest BCUT2D eigenvalue weighted by Crippen LogP contribution is -2.24. The number of fused-ring (bicyclic) bond motifs is 1. The Kier molecular flexibility index (Phi) is 5.27. The van der Waals surface area contributed by atoms with Crippen LogP contribution in [-0.2, 0) is 4.79 Å². The van der Waals surface area contributed by atoms with E-state index in [1.54, 1.807) is 23.7 Å². The molecule has 4 nitrogen and oxygen atoms in total. The Bertz CT molecular complexity index is 872. The molecule has 0 saturated carbocycles. The highest BCUT2D eigenvalue weighted by atomic mass is 32.2. The molecule has 2 aromatic heterocycles. The molecule has 2 heterocycles. The maximum absolute atomic E-state index is 11.8. The first-order chi connectivity index (χ1) is 11.7. The molecule has 24 heavy (non-hydrogen) atoms. The summed E-state index contributed by atoms with van der Waals surface area (Å²) in [6.45, 7) is 6.14. The first-order valence-corrected chi connectivity index (χ1v) is 9.35. The number of aryl methyl sites for hydroxylation is 1. The van der Waals surface area contributed by atoms with Gasteiger partial charge in [-0.1, -0.05) is 47.7 Å². The van der Waals surface area contributed by atoms with Crippen molar-refractivity contribution in [2.45, 2.75) is 11.9 Å². The van der Waals surface area contributed by atoms with Crippen molar-refractivity contribution in [3.63, 3.8) is 0 Å². The molecule has 0 aliphatic rings. The summed E-state index contributed by atoms with van der Waals surface area (Å²) in [5.74, 6) is 0.294. The van der Waals surface area contributed by atoms with Gasteiger partial charge in [-0.15, -0.1) is 17.9 Å². The van der Waals surface area contributed by atoms with Crippen LogP contribution in [0.1, 0.15) is 5.56 Å². The molecule has 3 rings (SSSR count). The van der Waals surface area contributed by atoms with Crippen molar-refractivity contribution in [2.75, 3.05) is 12.3 Å². The normalized spacial score (nSPS) is 10.7. The molecule has 6 heteroatoms. The zero-order valence-electron chi connectivity index (χ0n) is 13.3. The van der Waals surface area contributed by atoms with E-state index in [9.17, 15) is 4.79 Å². The van der Waals surface area contributed by atoms with Crippen LogP contribution in [0.5, 0.6) is 0 Å². The summed E-state index contributed by atoms with van der Waals surface area (Å²) in [6, 6.07) is 8.40. The van der Waals surface area contributed by atoms with Gasteiger partial charge in [0.2, 0.25) is 5.91 Å². The van der Waals surface area contributed by atoms with Crippen molar-refractivity contribution in [1.29, 1.82) is 0 Å². The van der Waals surface area contributed by atoms with Gasteiger partial charge in [0, 0.05) is 17.5 Å². The second-order valence-corrected chi connectivity index (χ2v) is 7.08. The van der Waals surface area contributed by atoms with Crippen LogP contribution in [0.15, 0.2) is 53.7 Å². The second kappa shape index (κ2) is 7.59. The number of aromatic nitrogens is 2. The Balaban J connectivity index is 1.91. The molecule has 1 N–H and O–H groups in total. The minimum absolute atomic E-state index is 0.0289. The number of nitrogens with one attached hydrogen (secondary N) is 1. The largest absolute Gasteiger partial charge is 0.352 e. The number of carbonyl (C=O) groups is 1. The number of carbonyl (C=O) groups excluding carboxylic acids is 1. The second-order valence-electron chi connectivity index (χ2n) is 5.26. The molecule has 0 aliphatic heterocycles. The zero-order chi connectivity index (χ0) is 16.9. The molecule has 0 fully saturated rings. The molecule has 0 unspecified atom stereocenters. The van der Waals surface area contributed by atoms with E-state index < -0.39 is 0 Å². The molecule has 0 spiro atoms. The lowest BCUT2D eigenvalue weighted by molar-refractivity contribution is -0.118. The Morgan fingerprint density at radius 1 is 1.33 bits per heavy atom. The number of hydrogen-bond donors (Lipinski definition) is 1. The topological polar surface area (TPSA) is 54.9 Å². The van der Waals surface area contributed by atoms with Crippen LogP contribution >= 0.6 is 23.1 Å². The quantitative estimate of drug-likeness (QED) is 0.411. The summed E-state index contributed by atoms with van der Waals surface area (Å²) in [4.78, 5) is 21.5. The number of amides is 1. The highest BCUT2D eigenvalue weighted by molar-refractivity contribution is 8.00. The summed E-state index contributed by atoms with van der Waals surface area (Å²) >= 11 is 3.03. The summed E-state index contributed by atoms with van der Waals surface area (Å²) in [6.07, 6.45) is 3.22. The van der Waals surface area contributed by atoms with E-state index >= 15 is 0 Å². The number of hydrogen-bond acceptors (Lipinski definition) is 5. The molecule has 0 atom stereocenters. The Morgan fingerprint density at radius 2 is 2.12 bits per heavy atom. The van der Waals surface area contributed by atoms with Crippen LogP contribution < -0.4 is 5.32 Å². The first-order valence-electron chi connectivity index (χ1n) is 7.48. The third kappa shape index (κ3) is 3.66. The molecule has 1 amide bonds. The van der Waals surface area contributed by atoms with Crippen molar-refractivity contribution in [2.24, 2.45) is 0 Å². The predicted octanol–water partition coefficient (Wildman–Crippen LogP) is 4.06. The van der Waals surface area contributed by atoms with Crippen molar-refractivity contribution >= 4 is 39.2 Å². The van der Waals surface area contributed by atoms with Crippen molar-refractivity contribution in [1.82, 2.24) is 15.3 Å². The van der Waals surface area contributed by atoms with Gasteiger partial charge in [0.25, 0.3) is 0 Å². The van der Waals surface area contributed by atoms with Gasteiger partial charge in [0.05, 0.1) is 11.1 Å². The fourth-order valence-corrected chi connectivity index (χ4v) is 4.10. The maximum atomic E-state index is 11.8. The molecule has 3 aromatic rings. The number of benzene rings is 1. The van der Waals surface area contributed by atoms with Gasteiger partial charge >= 0.3 is 0 Å². The molecule has 0 aliphatic carbocycles. The van der Waals surface area contributed by atoms with E-state index in [1.807, 2.05) is 0 Å².